The molecule has 0 unspecified atom stereocenters. The Morgan fingerprint density at radius 2 is 1.72 bits per heavy atom. The van der Waals surface area contributed by atoms with Crippen molar-refractivity contribution in [3.8, 4) is 0 Å². The van der Waals surface area contributed by atoms with Gasteiger partial charge in [0.2, 0.25) is 10.4 Å². The van der Waals surface area contributed by atoms with Crippen molar-refractivity contribution in [1.82, 2.24) is 0 Å². The van der Waals surface area contributed by atoms with E-state index in [9.17, 15) is 28.3 Å². The summed E-state index contributed by atoms with van der Waals surface area (Å²) in [6.45, 7) is 3.68. The summed E-state index contributed by atoms with van der Waals surface area (Å²) in [5.74, 6) is 0.234. The smallest absolute Gasteiger partial charge is 0.726 e. The number of aliphatic hydroxyl groups excluding tert-OH is 3. The molecular weight excluding hydrogens is 367 g/mol. The molecule has 1 saturated heterocycles. The predicted molar refractivity (Wildman–Crippen MR) is 81.6 cm³/mol. The van der Waals surface area contributed by atoms with Crippen LogP contribution >= 0.6 is 0 Å². The minimum Gasteiger partial charge on any atom is -0.726 e. The molecule has 1 aliphatic heterocycles. The molecule has 1 heterocycles. The van der Waals surface area contributed by atoms with E-state index < -0.39 is 47.7 Å². The van der Waals surface area contributed by atoms with Crippen LogP contribution in [0.15, 0.2) is 0 Å². The molecule has 3 N–H and O–H groups in total. The third-order valence-corrected chi connectivity index (χ3v) is 4.40. The van der Waals surface area contributed by atoms with Gasteiger partial charge in [-0.1, -0.05) is 26.7 Å². The summed E-state index contributed by atoms with van der Waals surface area (Å²) in [6, 6.07) is 0. The fourth-order valence-electron chi connectivity index (χ4n) is 2.80. The third kappa shape index (κ3) is 8.48. The second-order valence-electron chi connectivity index (χ2n) is 5.95. The van der Waals surface area contributed by atoms with Crippen molar-refractivity contribution in [2.24, 2.45) is 5.92 Å². The van der Waals surface area contributed by atoms with Crippen molar-refractivity contribution in [1.29, 1.82) is 0 Å². The molecule has 0 bridgehead atoms. The van der Waals surface area contributed by atoms with Crippen LogP contribution in [0.2, 0.25) is 0 Å². The van der Waals surface area contributed by atoms with Crippen molar-refractivity contribution in [3.05, 3.63) is 0 Å². The molecule has 1 fully saturated rings. The molecule has 1 aliphatic rings. The van der Waals surface area contributed by atoms with E-state index in [2.05, 4.69) is 4.18 Å². The topological polar surface area (TPSA) is 146 Å². The zero-order valence-electron chi connectivity index (χ0n) is 14.9. The Morgan fingerprint density at radius 3 is 2.16 bits per heavy atom. The van der Waals surface area contributed by atoms with Gasteiger partial charge in [0.05, 0.1) is 13.2 Å². The van der Waals surface area contributed by atoms with Crippen molar-refractivity contribution in [2.75, 3.05) is 13.2 Å². The minimum atomic E-state index is -5.16. The summed E-state index contributed by atoms with van der Waals surface area (Å²) < 4.78 is 47.3. The molecule has 1 rings (SSSR count). The van der Waals surface area contributed by atoms with Crippen LogP contribution in [0.4, 0.5) is 0 Å². The first kappa shape index (κ1) is 25.7. The van der Waals surface area contributed by atoms with Crippen LogP contribution in [0.3, 0.4) is 0 Å². The van der Waals surface area contributed by atoms with Crippen LogP contribution in [0.25, 0.3) is 0 Å². The average Bonchev–Trinajstić information content (AvgIpc) is 2.50. The summed E-state index contributed by atoms with van der Waals surface area (Å²) in [5.41, 5.74) is 0. The van der Waals surface area contributed by atoms with Gasteiger partial charge in [0, 0.05) is 0 Å². The predicted octanol–water partition coefficient (Wildman–Crippen LogP) is -3.49. The second kappa shape index (κ2) is 12.2. The molecule has 11 heteroatoms. The SMILES string of the molecule is CCCC(CCC)CO[C@@H]1O[C@H](CO)[C@H](O)[C@H](OS(=O)(=O)[O-])[C@H]1O.[Na+]. The van der Waals surface area contributed by atoms with E-state index in [1.807, 2.05) is 13.8 Å². The largest absolute Gasteiger partial charge is 1.00 e. The summed E-state index contributed by atoms with van der Waals surface area (Å²) in [7, 11) is -5.16. The number of rotatable bonds is 10. The first-order valence-electron chi connectivity index (χ1n) is 8.11. The Balaban J connectivity index is 0.00000576. The standard InChI is InChI=1S/C14H28O9S.Na/c1-3-5-9(6-4-2)8-21-14-12(17)13(23-24(18,19)20)11(16)10(7-15)22-14;/h9-17H,3-8H2,1-2H3,(H,18,19,20);/q;+1/p-1/t10-,11+,12-,13+,14-;/m1./s1. The summed E-state index contributed by atoms with van der Waals surface area (Å²) in [5, 5.41) is 29.2. The molecule has 0 spiro atoms. The Bertz CT molecular complexity index is 455. The Hall–Kier alpha value is 0.670. The summed E-state index contributed by atoms with van der Waals surface area (Å²) in [4.78, 5) is 0. The fourth-order valence-corrected chi connectivity index (χ4v) is 3.30. The number of ether oxygens (including phenoxy) is 2. The van der Waals surface area contributed by atoms with Crippen LogP contribution in [0.5, 0.6) is 0 Å². The van der Waals surface area contributed by atoms with Crippen molar-refractivity contribution in [2.45, 2.75) is 70.2 Å². The van der Waals surface area contributed by atoms with Gasteiger partial charge in [-0.3, -0.25) is 4.18 Å². The van der Waals surface area contributed by atoms with Gasteiger partial charge >= 0.3 is 29.6 Å². The van der Waals surface area contributed by atoms with Crippen LogP contribution in [-0.4, -0.2) is 72.2 Å². The van der Waals surface area contributed by atoms with E-state index in [1.54, 1.807) is 0 Å². The van der Waals surface area contributed by atoms with Gasteiger partial charge < -0.3 is 29.3 Å². The normalized spacial score (nSPS) is 30.3. The van der Waals surface area contributed by atoms with Crippen molar-refractivity contribution < 1.29 is 71.5 Å². The third-order valence-electron chi connectivity index (χ3n) is 3.94. The first-order chi connectivity index (χ1) is 11.2. The number of hydrogen-bond donors (Lipinski definition) is 3. The van der Waals surface area contributed by atoms with Crippen LogP contribution in [0, 0.1) is 5.92 Å². The maximum absolute atomic E-state index is 10.8. The Morgan fingerprint density at radius 1 is 1.16 bits per heavy atom. The summed E-state index contributed by atoms with van der Waals surface area (Å²) >= 11 is 0. The van der Waals surface area contributed by atoms with Gasteiger partial charge in [-0.05, 0) is 18.8 Å². The molecular formula is C14H27NaO9S. The first-order valence-corrected chi connectivity index (χ1v) is 9.44. The van der Waals surface area contributed by atoms with E-state index >= 15 is 0 Å². The molecule has 0 saturated carbocycles. The maximum Gasteiger partial charge on any atom is 1.00 e. The molecule has 5 atom stereocenters. The number of aliphatic hydroxyl groups is 3. The van der Waals surface area contributed by atoms with Gasteiger partial charge in [0.25, 0.3) is 0 Å². The van der Waals surface area contributed by atoms with E-state index in [1.165, 1.54) is 0 Å². The van der Waals surface area contributed by atoms with Crippen molar-refractivity contribution in [3.63, 3.8) is 0 Å². The molecule has 25 heavy (non-hydrogen) atoms. The molecule has 0 aromatic heterocycles. The summed E-state index contributed by atoms with van der Waals surface area (Å²) in [6.07, 6.45) is -3.94. The van der Waals surface area contributed by atoms with E-state index in [4.69, 9.17) is 9.47 Å². The van der Waals surface area contributed by atoms with Gasteiger partial charge in [-0.15, -0.1) is 0 Å². The van der Waals surface area contributed by atoms with Crippen molar-refractivity contribution >= 4 is 10.4 Å². The quantitative estimate of drug-likeness (QED) is 0.195. The number of hydrogen-bond acceptors (Lipinski definition) is 9. The Kier molecular flexibility index (Phi) is 12.5. The molecule has 0 aliphatic carbocycles. The van der Waals surface area contributed by atoms with Crippen LogP contribution < -0.4 is 29.6 Å². The van der Waals surface area contributed by atoms with Gasteiger partial charge in [-0.2, -0.15) is 0 Å². The second-order valence-corrected chi connectivity index (χ2v) is 6.96. The Labute approximate surface area is 170 Å². The monoisotopic (exact) mass is 394 g/mol. The van der Waals surface area contributed by atoms with E-state index in [0.717, 1.165) is 25.7 Å². The fraction of sp³-hybridized carbons (Fsp3) is 1.00. The van der Waals surface area contributed by atoms with Gasteiger partial charge in [0.1, 0.15) is 24.4 Å². The van der Waals surface area contributed by atoms with E-state index in [-0.39, 0.29) is 42.1 Å². The van der Waals surface area contributed by atoms with Crippen LogP contribution in [0.1, 0.15) is 39.5 Å². The molecule has 0 aromatic carbocycles. The van der Waals surface area contributed by atoms with Crippen LogP contribution in [-0.2, 0) is 24.1 Å². The molecule has 0 radical (unpaired) electrons. The average molecular weight is 394 g/mol. The molecule has 144 valence electrons. The van der Waals surface area contributed by atoms with E-state index in [0.29, 0.717) is 0 Å². The zero-order valence-corrected chi connectivity index (χ0v) is 17.7. The van der Waals surface area contributed by atoms with Gasteiger partial charge in [0.15, 0.2) is 6.29 Å². The molecule has 0 aromatic rings. The van der Waals surface area contributed by atoms with Gasteiger partial charge in [-0.25, -0.2) is 8.42 Å². The molecule has 0 amide bonds. The maximum atomic E-state index is 10.8. The minimum absolute atomic E-state index is 0. The zero-order chi connectivity index (χ0) is 18.3. The molecule has 9 nitrogen and oxygen atoms in total.